The molecule has 46 heavy (non-hydrogen) atoms. The molecule has 1 N–H and O–H groups in total. The molecule has 1 atom stereocenters. The number of sulfonamides is 1. The third kappa shape index (κ3) is 9.12. The fraction of sp³-hybridized carbons (Fsp3) is 0.257. The van der Waals surface area contributed by atoms with Crippen molar-refractivity contribution in [3.8, 4) is 0 Å². The highest BCUT2D eigenvalue weighted by Gasteiger charge is 2.35. The fourth-order valence-electron chi connectivity index (χ4n) is 4.80. The minimum absolute atomic E-state index is 0.0115. The fourth-order valence-corrected chi connectivity index (χ4v) is 6.94. The number of benzene rings is 4. The Morgan fingerprint density at radius 2 is 1.50 bits per heavy atom. The lowest BCUT2D eigenvalue weighted by Gasteiger charge is -2.34. The highest BCUT2D eigenvalue weighted by molar-refractivity contribution is 9.10. The standard InChI is InChI=1S/C35H36BrCl2N3O4S/c1-24(2)21-39-35(43)32(20-26-8-5-4-6-9-26)40(22-27-14-16-28(36)17-15-27)33(42)23-41(31-11-7-10-30(37)34(31)38)46(44,45)29-18-12-25(3)13-19-29/h4-19,24,32H,20-23H2,1-3H3,(H,39,43). The molecule has 0 saturated heterocycles. The van der Waals surface area contributed by atoms with Crippen LogP contribution in [0, 0.1) is 12.8 Å². The maximum atomic E-state index is 14.6. The van der Waals surface area contributed by atoms with Gasteiger partial charge in [-0.3, -0.25) is 13.9 Å². The van der Waals surface area contributed by atoms with Gasteiger partial charge in [0.05, 0.1) is 20.6 Å². The molecule has 0 aromatic heterocycles. The molecule has 0 fully saturated rings. The van der Waals surface area contributed by atoms with Crippen LogP contribution in [0.1, 0.15) is 30.5 Å². The Labute approximate surface area is 289 Å². The lowest BCUT2D eigenvalue weighted by atomic mass is 10.0. The minimum atomic E-state index is -4.31. The molecule has 0 heterocycles. The van der Waals surface area contributed by atoms with Crippen LogP contribution >= 0.6 is 39.1 Å². The summed E-state index contributed by atoms with van der Waals surface area (Å²) in [6.45, 7) is 5.66. The zero-order valence-electron chi connectivity index (χ0n) is 25.8. The van der Waals surface area contributed by atoms with Crippen molar-refractivity contribution in [2.24, 2.45) is 5.92 Å². The van der Waals surface area contributed by atoms with E-state index in [2.05, 4.69) is 21.2 Å². The predicted molar refractivity (Wildman–Crippen MR) is 189 cm³/mol. The average Bonchev–Trinajstić information content (AvgIpc) is 3.03. The van der Waals surface area contributed by atoms with Crippen LogP contribution in [0.2, 0.25) is 10.0 Å². The van der Waals surface area contributed by atoms with Gasteiger partial charge in [0, 0.05) is 24.0 Å². The van der Waals surface area contributed by atoms with E-state index in [-0.39, 0.29) is 45.4 Å². The first-order valence-electron chi connectivity index (χ1n) is 14.8. The molecule has 0 aliphatic heterocycles. The quantitative estimate of drug-likeness (QED) is 0.152. The first-order chi connectivity index (χ1) is 21.9. The summed E-state index contributed by atoms with van der Waals surface area (Å²) in [6.07, 6.45) is 0.218. The van der Waals surface area contributed by atoms with Gasteiger partial charge in [-0.05, 0) is 60.4 Å². The Morgan fingerprint density at radius 3 is 2.13 bits per heavy atom. The van der Waals surface area contributed by atoms with E-state index in [1.165, 1.54) is 23.1 Å². The van der Waals surface area contributed by atoms with Crippen molar-refractivity contribution < 1.29 is 18.0 Å². The SMILES string of the molecule is Cc1ccc(S(=O)(=O)N(CC(=O)N(Cc2ccc(Br)cc2)C(Cc2ccccc2)C(=O)NCC(C)C)c2cccc(Cl)c2Cl)cc1. The molecule has 4 aromatic rings. The van der Waals surface area contributed by atoms with E-state index in [4.69, 9.17) is 23.2 Å². The van der Waals surface area contributed by atoms with Gasteiger partial charge in [-0.25, -0.2) is 8.42 Å². The van der Waals surface area contributed by atoms with Crippen molar-refractivity contribution in [3.05, 3.63) is 128 Å². The molecule has 2 amide bonds. The summed E-state index contributed by atoms with van der Waals surface area (Å²) in [5, 5.41) is 3.11. The topological polar surface area (TPSA) is 86.8 Å². The summed E-state index contributed by atoms with van der Waals surface area (Å²) in [4.78, 5) is 29.8. The second-order valence-electron chi connectivity index (χ2n) is 11.4. The van der Waals surface area contributed by atoms with Crippen LogP contribution in [0.3, 0.4) is 0 Å². The number of hydrogen-bond acceptors (Lipinski definition) is 4. The van der Waals surface area contributed by atoms with Crippen LogP contribution in [0.5, 0.6) is 0 Å². The number of rotatable bonds is 13. The van der Waals surface area contributed by atoms with Crippen molar-refractivity contribution in [2.45, 2.75) is 44.7 Å². The molecule has 0 saturated carbocycles. The van der Waals surface area contributed by atoms with Gasteiger partial charge in [0.1, 0.15) is 12.6 Å². The summed E-state index contributed by atoms with van der Waals surface area (Å²) in [7, 11) is -4.31. The summed E-state index contributed by atoms with van der Waals surface area (Å²) in [5.41, 5.74) is 2.54. The highest BCUT2D eigenvalue weighted by atomic mass is 79.9. The second-order valence-corrected chi connectivity index (χ2v) is 15.0. The van der Waals surface area contributed by atoms with E-state index < -0.39 is 28.5 Å². The molecule has 0 bridgehead atoms. The zero-order chi connectivity index (χ0) is 33.4. The van der Waals surface area contributed by atoms with Gasteiger partial charge >= 0.3 is 0 Å². The van der Waals surface area contributed by atoms with Crippen LogP contribution in [-0.4, -0.2) is 44.3 Å². The zero-order valence-corrected chi connectivity index (χ0v) is 29.7. The highest BCUT2D eigenvalue weighted by Crippen LogP contribution is 2.35. The Kier molecular flexibility index (Phi) is 12.3. The number of nitrogens with zero attached hydrogens (tertiary/aromatic N) is 2. The van der Waals surface area contributed by atoms with E-state index in [1.54, 1.807) is 24.3 Å². The number of halogens is 3. The Morgan fingerprint density at radius 1 is 0.848 bits per heavy atom. The van der Waals surface area contributed by atoms with Gasteiger partial charge < -0.3 is 10.2 Å². The van der Waals surface area contributed by atoms with E-state index >= 15 is 0 Å². The second kappa shape index (κ2) is 16.0. The van der Waals surface area contributed by atoms with Gasteiger partial charge in [0.25, 0.3) is 10.0 Å². The van der Waals surface area contributed by atoms with Gasteiger partial charge in [-0.1, -0.05) is 119 Å². The van der Waals surface area contributed by atoms with E-state index in [0.29, 0.717) is 6.54 Å². The first-order valence-corrected chi connectivity index (χ1v) is 17.7. The average molecular weight is 746 g/mol. The van der Waals surface area contributed by atoms with Gasteiger partial charge in [0.2, 0.25) is 11.8 Å². The lowest BCUT2D eigenvalue weighted by molar-refractivity contribution is -0.140. The molecule has 0 aliphatic rings. The van der Waals surface area contributed by atoms with Crippen LogP contribution in [0.4, 0.5) is 5.69 Å². The van der Waals surface area contributed by atoms with Crippen molar-refractivity contribution in [3.63, 3.8) is 0 Å². The predicted octanol–water partition coefficient (Wildman–Crippen LogP) is 7.67. The van der Waals surface area contributed by atoms with E-state index in [1.807, 2.05) is 75.4 Å². The number of hydrogen-bond donors (Lipinski definition) is 1. The molecule has 242 valence electrons. The summed E-state index contributed by atoms with van der Waals surface area (Å²) in [5.74, 6) is -0.746. The van der Waals surface area contributed by atoms with Crippen molar-refractivity contribution in [1.82, 2.24) is 10.2 Å². The first kappa shape index (κ1) is 35.5. The van der Waals surface area contributed by atoms with E-state index in [9.17, 15) is 18.0 Å². The molecule has 0 spiro atoms. The van der Waals surface area contributed by atoms with Crippen LogP contribution < -0.4 is 9.62 Å². The number of amides is 2. The number of aryl methyl sites for hydroxylation is 1. The monoisotopic (exact) mass is 743 g/mol. The van der Waals surface area contributed by atoms with Crippen molar-refractivity contribution >= 4 is 66.7 Å². The van der Waals surface area contributed by atoms with Crippen molar-refractivity contribution in [2.75, 3.05) is 17.4 Å². The molecular weight excluding hydrogens is 709 g/mol. The molecule has 11 heteroatoms. The Hall–Kier alpha value is -3.37. The molecule has 0 aliphatic carbocycles. The number of carbonyl (C=O) groups excluding carboxylic acids is 2. The van der Waals surface area contributed by atoms with Crippen LogP contribution in [0.25, 0.3) is 0 Å². The maximum Gasteiger partial charge on any atom is 0.264 e. The number of nitrogens with one attached hydrogen (secondary N) is 1. The summed E-state index contributed by atoms with van der Waals surface area (Å²) < 4.78 is 30.2. The third-order valence-electron chi connectivity index (χ3n) is 7.31. The molecular formula is C35H36BrCl2N3O4S. The maximum absolute atomic E-state index is 14.6. The smallest absolute Gasteiger partial charge is 0.264 e. The number of anilines is 1. The van der Waals surface area contributed by atoms with Crippen molar-refractivity contribution in [1.29, 1.82) is 0 Å². The Balaban J connectivity index is 1.82. The molecule has 7 nitrogen and oxygen atoms in total. The largest absolute Gasteiger partial charge is 0.354 e. The third-order valence-corrected chi connectivity index (χ3v) is 10.4. The molecule has 4 aromatic carbocycles. The lowest BCUT2D eigenvalue weighted by Crippen LogP contribution is -2.53. The Bertz CT molecular complexity index is 1750. The molecule has 4 rings (SSSR count). The van der Waals surface area contributed by atoms with Gasteiger partial charge in [-0.2, -0.15) is 0 Å². The molecule has 0 radical (unpaired) electrons. The normalized spacial score (nSPS) is 12.1. The minimum Gasteiger partial charge on any atom is -0.354 e. The van der Waals surface area contributed by atoms with Gasteiger partial charge in [-0.15, -0.1) is 0 Å². The van der Waals surface area contributed by atoms with E-state index in [0.717, 1.165) is 25.5 Å². The summed E-state index contributed by atoms with van der Waals surface area (Å²) >= 11 is 16.4. The molecule has 1 unspecified atom stereocenters. The summed E-state index contributed by atoms with van der Waals surface area (Å²) in [6, 6.07) is 26.8. The van der Waals surface area contributed by atoms with Gasteiger partial charge in [0.15, 0.2) is 0 Å². The van der Waals surface area contributed by atoms with Crippen LogP contribution in [-0.2, 0) is 32.6 Å². The number of carbonyl (C=O) groups is 2. The van der Waals surface area contributed by atoms with Crippen LogP contribution in [0.15, 0.2) is 106 Å².